The number of carbonyl (C=O) groups excluding carboxylic acids is 1. The Morgan fingerprint density at radius 3 is 2.71 bits per heavy atom. The molecule has 3 aromatic rings. The summed E-state index contributed by atoms with van der Waals surface area (Å²) in [6, 6.07) is 10.4. The van der Waals surface area contributed by atoms with Gasteiger partial charge in [0.1, 0.15) is 17.6 Å². The van der Waals surface area contributed by atoms with Gasteiger partial charge < -0.3 is 14.6 Å². The molecule has 5 nitrogen and oxygen atoms in total. The summed E-state index contributed by atoms with van der Waals surface area (Å²) in [5, 5.41) is 2.96. The smallest absolute Gasteiger partial charge is 0.231 e. The van der Waals surface area contributed by atoms with Crippen LogP contribution in [-0.2, 0) is 11.8 Å². The number of para-hydroxylation sites is 1. The van der Waals surface area contributed by atoms with Gasteiger partial charge >= 0.3 is 0 Å². The van der Waals surface area contributed by atoms with Crippen LogP contribution in [0.5, 0.6) is 5.75 Å². The highest BCUT2D eigenvalue weighted by Gasteiger charge is 2.23. The number of imidazole rings is 1. The number of halogens is 2. The molecule has 0 saturated heterocycles. The van der Waals surface area contributed by atoms with Crippen molar-refractivity contribution >= 4 is 17.7 Å². The number of aryl methyl sites for hydroxylation is 1. The van der Waals surface area contributed by atoms with Crippen LogP contribution in [0.25, 0.3) is 0 Å². The van der Waals surface area contributed by atoms with Crippen molar-refractivity contribution in [3.05, 3.63) is 77.9 Å². The highest BCUT2D eigenvalue weighted by Crippen LogP contribution is 2.29. The van der Waals surface area contributed by atoms with Crippen molar-refractivity contribution in [2.24, 2.45) is 7.05 Å². The van der Waals surface area contributed by atoms with Gasteiger partial charge in [0, 0.05) is 29.9 Å². The zero-order valence-corrected chi connectivity index (χ0v) is 16.2. The maximum atomic E-state index is 13.3. The van der Waals surface area contributed by atoms with E-state index in [1.807, 2.05) is 35.9 Å². The Kier molecular flexibility index (Phi) is 6.30. The van der Waals surface area contributed by atoms with Gasteiger partial charge in [0.05, 0.1) is 12.9 Å². The number of amides is 1. The molecule has 1 N–H and O–H groups in total. The molecule has 1 amide bonds. The molecular formula is C20H19F2N3O2S. The molecule has 28 heavy (non-hydrogen) atoms. The molecule has 0 fully saturated rings. The van der Waals surface area contributed by atoms with E-state index < -0.39 is 17.7 Å². The number of methoxy groups -OCH3 is 1. The van der Waals surface area contributed by atoms with E-state index in [2.05, 4.69) is 10.3 Å². The second-order valence-electron chi connectivity index (χ2n) is 6.00. The Labute approximate surface area is 165 Å². The molecule has 1 atom stereocenters. The van der Waals surface area contributed by atoms with Crippen LogP contribution in [0.3, 0.4) is 0 Å². The van der Waals surface area contributed by atoms with Crippen molar-refractivity contribution in [2.75, 3.05) is 12.9 Å². The van der Waals surface area contributed by atoms with Gasteiger partial charge in [0.2, 0.25) is 5.91 Å². The Morgan fingerprint density at radius 2 is 2.04 bits per heavy atom. The third-order valence-corrected chi connectivity index (χ3v) is 5.13. The first-order chi connectivity index (χ1) is 13.5. The summed E-state index contributed by atoms with van der Waals surface area (Å²) in [5.74, 6) is -0.806. The van der Waals surface area contributed by atoms with Crippen LogP contribution < -0.4 is 10.1 Å². The number of benzene rings is 2. The maximum Gasteiger partial charge on any atom is 0.231 e. The Bertz CT molecular complexity index is 978. The molecule has 1 aromatic heterocycles. The summed E-state index contributed by atoms with van der Waals surface area (Å²) in [4.78, 5) is 17.4. The number of nitrogens with one attached hydrogen (secondary N) is 1. The van der Waals surface area contributed by atoms with Crippen molar-refractivity contribution < 1.29 is 18.3 Å². The fraction of sp³-hybridized carbons (Fsp3) is 0.200. The minimum absolute atomic E-state index is 0.0428. The highest BCUT2D eigenvalue weighted by atomic mass is 32.2. The van der Waals surface area contributed by atoms with E-state index >= 15 is 0 Å². The number of hydrogen-bond donors (Lipinski definition) is 1. The molecule has 146 valence electrons. The summed E-state index contributed by atoms with van der Waals surface area (Å²) >= 11 is 1.12. The molecular weight excluding hydrogens is 384 g/mol. The van der Waals surface area contributed by atoms with Crippen molar-refractivity contribution in [1.82, 2.24) is 14.9 Å². The molecule has 0 aliphatic heterocycles. The lowest BCUT2D eigenvalue weighted by molar-refractivity contribution is -0.119. The largest absolute Gasteiger partial charge is 0.496 e. The zero-order chi connectivity index (χ0) is 20.1. The number of thioether (sulfide) groups is 1. The number of rotatable bonds is 7. The number of ether oxygens (including phenoxy) is 1. The normalized spacial score (nSPS) is 11.9. The standard InChI is InChI=1S/C20H19F2N3O2S/c1-25-10-9-23-20(25)19(14-5-3-4-6-17(14)27-2)24-18(26)12-28-13-7-8-15(21)16(22)11-13/h3-11,19H,12H2,1-2H3,(H,24,26)/t19-/m1/s1. The fourth-order valence-electron chi connectivity index (χ4n) is 2.76. The summed E-state index contributed by atoms with van der Waals surface area (Å²) in [6.45, 7) is 0. The molecule has 2 aromatic carbocycles. The van der Waals surface area contributed by atoms with Crippen LogP contribution in [0, 0.1) is 11.6 Å². The Hall–Kier alpha value is -2.87. The molecule has 1 heterocycles. The third kappa shape index (κ3) is 4.51. The molecule has 0 unspecified atom stereocenters. The van der Waals surface area contributed by atoms with Gasteiger partial charge in [-0.2, -0.15) is 0 Å². The zero-order valence-electron chi connectivity index (χ0n) is 15.4. The molecule has 0 aliphatic rings. The highest BCUT2D eigenvalue weighted by molar-refractivity contribution is 8.00. The van der Waals surface area contributed by atoms with Crippen LogP contribution in [0.15, 0.2) is 59.8 Å². The monoisotopic (exact) mass is 403 g/mol. The van der Waals surface area contributed by atoms with Crippen LogP contribution in [0.1, 0.15) is 17.4 Å². The molecule has 0 bridgehead atoms. The van der Waals surface area contributed by atoms with E-state index in [-0.39, 0.29) is 11.7 Å². The second-order valence-corrected chi connectivity index (χ2v) is 7.05. The van der Waals surface area contributed by atoms with Crippen molar-refractivity contribution in [3.8, 4) is 5.75 Å². The van der Waals surface area contributed by atoms with E-state index in [1.165, 1.54) is 6.07 Å². The Morgan fingerprint density at radius 1 is 1.25 bits per heavy atom. The summed E-state index contributed by atoms with van der Waals surface area (Å²) < 4.78 is 33.6. The molecule has 0 saturated carbocycles. The van der Waals surface area contributed by atoms with Gasteiger partial charge in [-0.25, -0.2) is 13.8 Å². The Balaban J connectivity index is 1.78. The predicted molar refractivity (Wildman–Crippen MR) is 103 cm³/mol. The van der Waals surface area contributed by atoms with Crippen molar-refractivity contribution in [3.63, 3.8) is 0 Å². The first-order valence-electron chi connectivity index (χ1n) is 8.47. The van der Waals surface area contributed by atoms with Gasteiger partial charge in [0.15, 0.2) is 11.6 Å². The van der Waals surface area contributed by atoms with Crippen LogP contribution in [-0.4, -0.2) is 28.3 Å². The van der Waals surface area contributed by atoms with Gasteiger partial charge in [0.25, 0.3) is 0 Å². The SMILES string of the molecule is COc1ccccc1[C@@H](NC(=O)CSc1ccc(F)c(F)c1)c1nccn1C. The minimum Gasteiger partial charge on any atom is -0.496 e. The van der Waals surface area contributed by atoms with E-state index in [9.17, 15) is 13.6 Å². The van der Waals surface area contributed by atoms with Crippen LogP contribution >= 0.6 is 11.8 Å². The molecule has 3 rings (SSSR count). The van der Waals surface area contributed by atoms with Crippen molar-refractivity contribution in [1.29, 1.82) is 0 Å². The average molecular weight is 403 g/mol. The number of aromatic nitrogens is 2. The lowest BCUT2D eigenvalue weighted by atomic mass is 10.0. The molecule has 0 aliphatic carbocycles. The minimum atomic E-state index is -0.940. The lowest BCUT2D eigenvalue weighted by Gasteiger charge is -2.21. The van der Waals surface area contributed by atoms with E-state index in [0.29, 0.717) is 16.5 Å². The number of hydrogen-bond acceptors (Lipinski definition) is 4. The summed E-state index contributed by atoms with van der Waals surface area (Å²) in [5.41, 5.74) is 0.769. The van der Waals surface area contributed by atoms with Gasteiger partial charge in [-0.15, -0.1) is 11.8 Å². The maximum absolute atomic E-state index is 13.3. The topological polar surface area (TPSA) is 56.1 Å². The second kappa shape index (κ2) is 8.88. The molecule has 0 spiro atoms. The van der Waals surface area contributed by atoms with E-state index in [1.54, 1.807) is 19.5 Å². The number of nitrogens with zero attached hydrogens (tertiary/aromatic N) is 2. The molecule has 8 heteroatoms. The first kappa shape index (κ1) is 19.9. The van der Waals surface area contributed by atoms with E-state index in [4.69, 9.17) is 4.74 Å². The first-order valence-corrected chi connectivity index (χ1v) is 9.45. The van der Waals surface area contributed by atoms with Crippen molar-refractivity contribution in [2.45, 2.75) is 10.9 Å². The number of carbonyl (C=O) groups is 1. The van der Waals surface area contributed by atoms with Gasteiger partial charge in [-0.3, -0.25) is 4.79 Å². The third-order valence-electron chi connectivity index (χ3n) is 4.13. The lowest BCUT2D eigenvalue weighted by Crippen LogP contribution is -2.32. The molecule has 0 radical (unpaired) electrons. The predicted octanol–water partition coefficient (Wildman–Crippen LogP) is 3.70. The summed E-state index contributed by atoms with van der Waals surface area (Å²) in [7, 11) is 3.40. The van der Waals surface area contributed by atoms with Gasteiger partial charge in [-0.1, -0.05) is 18.2 Å². The fourth-order valence-corrected chi connectivity index (χ4v) is 3.49. The van der Waals surface area contributed by atoms with Crippen LogP contribution in [0.2, 0.25) is 0 Å². The average Bonchev–Trinajstić information content (AvgIpc) is 3.12. The quantitative estimate of drug-likeness (QED) is 0.611. The van der Waals surface area contributed by atoms with Crippen LogP contribution in [0.4, 0.5) is 8.78 Å². The summed E-state index contributed by atoms with van der Waals surface area (Å²) in [6.07, 6.45) is 3.44. The van der Waals surface area contributed by atoms with E-state index in [0.717, 1.165) is 29.5 Å². The van der Waals surface area contributed by atoms with Gasteiger partial charge in [-0.05, 0) is 24.3 Å².